The van der Waals surface area contributed by atoms with Crippen LogP contribution >= 0.6 is 15.9 Å². The summed E-state index contributed by atoms with van der Waals surface area (Å²) in [5, 5.41) is 3.32. The van der Waals surface area contributed by atoms with Gasteiger partial charge in [0.1, 0.15) is 5.75 Å². The summed E-state index contributed by atoms with van der Waals surface area (Å²) in [6, 6.07) is 6.58. The fourth-order valence-electron chi connectivity index (χ4n) is 1.59. The number of rotatable bonds is 5. The predicted octanol–water partition coefficient (Wildman–Crippen LogP) is 3.84. The van der Waals surface area contributed by atoms with Gasteiger partial charge in [0.25, 0.3) is 0 Å². The lowest BCUT2D eigenvalue weighted by Crippen LogP contribution is -2.21. The van der Waals surface area contributed by atoms with Gasteiger partial charge in [-0.05, 0) is 30.7 Å². The Balaban J connectivity index is 2.01. The molecule has 0 aliphatic heterocycles. The second kappa shape index (κ2) is 6.81. The molecule has 2 rings (SSSR count). The Kier molecular flexibility index (Phi) is 5.09. The van der Waals surface area contributed by atoms with Crippen LogP contribution in [0.1, 0.15) is 25.0 Å². The third-order valence-corrected chi connectivity index (χ3v) is 3.62. The molecule has 0 unspecified atom stereocenters. The lowest BCUT2D eigenvalue weighted by molar-refractivity contribution is 0.440. The number of hydrogen-bond acceptors (Lipinski definition) is 4. The minimum atomic E-state index is 0.361. The number of benzene rings is 1. The van der Waals surface area contributed by atoms with E-state index in [0.29, 0.717) is 12.1 Å². The van der Waals surface area contributed by atoms with Gasteiger partial charge in [-0.1, -0.05) is 29.8 Å². The van der Waals surface area contributed by atoms with Crippen molar-refractivity contribution in [3.63, 3.8) is 0 Å². The van der Waals surface area contributed by atoms with Crippen LogP contribution in [0.5, 0.6) is 11.8 Å². The van der Waals surface area contributed by atoms with Gasteiger partial charge in [-0.25, -0.2) is 9.97 Å². The molecule has 1 heterocycles. The molecular weight excluding hydrogens is 318 g/mol. The normalized spacial score (nSPS) is 10.8. The molecule has 0 radical (unpaired) electrons. The molecule has 106 valence electrons. The SMILES string of the molecule is Cc1cc(Oc2ncc(CNC(C)C)cn2)ccc1Br. The number of halogens is 1. The van der Waals surface area contributed by atoms with E-state index >= 15 is 0 Å². The Labute approximate surface area is 127 Å². The third kappa shape index (κ3) is 4.28. The Morgan fingerprint density at radius 2 is 1.95 bits per heavy atom. The van der Waals surface area contributed by atoms with Gasteiger partial charge in [0.2, 0.25) is 0 Å². The summed E-state index contributed by atoms with van der Waals surface area (Å²) in [4.78, 5) is 8.44. The summed E-state index contributed by atoms with van der Waals surface area (Å²) in [5.74, 6) is 0.735. The summed E-state index contributed by atoms with van der Waals surface area (Å²) >= 11 is 3.46. The van der Waals surface area contributed by atoms with Crippen LogP contribution in [0, 0.1) is 6.92 Å². The molecule has 1 aromatic carbocycles. The van der Waals surface area contributed by atoms with E-state index in [1.165, 1.54) is 0 Å². The van der Waals surface area contributed by atoms with E-state index < -0.39 is 0 Å². The maximum Gasteiger partial charge on any atom is 0.321 e. The second-order valence-electron chi connectivity index (χ2n) is 4.92. The van der Waals surface area contributed by atoms with Crippen molar-refractivity contribution in [1.29, 1.82) is 0 Å². The number of aryl methyl sites for hydroxylation is 1. The van der Waals surface area contributed by atoms with Gasteiger partial charge < -0.3 is 10.1 Å². The zero-order chi connectivity index (χ0) is 14.5. The summed E-state index contributed by atoms with van der Waals surface area (Å²) < 4.78 is 6.69. The molecule has 0 saturated heterocycles. The molecule has 4 nitrogen and oxygen atoms in total. The van der Waals surface area contributed by atoms with Crippen LogP contribution < -0.4 is 10.1 Å². The number of hydrogen-bond donors (Lipinski definition) is 1. The molecule has 0 fully saturated rings. The van der Waals surface area contributed by atoms with Crippen LogP contribution in [0.2, 0.25) is 0 Å². The van der Waals surface area contributed by atoms with Crippen LogP contribution in [-0.2, 0) is 6.54 Å². The number of ether oxygens (including phenoxy) is 1. The summed E-state index contributed by atoms with van der Waals surface area (Å²) in [6.45, 7) is 6.98. The van der Waals surface area contributed by atoms with Crippen LogP contribution in [0.4, 0.5) is 0 Å². The maximum absolute atomic E-state index is 5.63. The van der Waals surface area contributed by atoms with Crippen molar-refractivity contribution in [2.75, 3.05) is 0 Å². The Morgan fingerprint density at radius 3 is 2.55 bits per heavy atom. The molecule has 0 amide bonds. The van der Waals surface area contributed by atoms with Crippen LogP contribution in [0.25, 0.3) is 0 Å². The summed E-state index contributed by atoms with van der Waals surface area (Å²) in [7, 11) is 0. The number of nitrogens with zero attached hydrogens (tertiary/aromatic N) is 2. The van der Waals surface area contributed by atoms with E-state index in [4.69, 9.17) is 4.74 Å². The van der Waals surface area contributed by atoms with Crippen molar-refractivity contribution in [2.24, 2.45) is 0 Å². The zero-order valence-electron chi connectivity index (χ0n) is 11.9. The quantitative estimate of drug-likeness (QED) is 0.901. The molecule has 0 saturated carbocycles. The van der Waals surface area contributed by atoms with Gasteiger partial charge in [-0.15, -0.1) is 0 Å². The van der Waals surface area contributed by atoms with E-state index in [0.717, 1.165) is 27.9 Å². The fraction of sp³-hybridized carbons (Fsp3) is 0.333. The first-order valence-electron chi connectivity index (χ1n) is 6.53. The smallest absolute Gasteiger partial charge is 0.321 e. The molecule has 0 aliphatic carbocycles. The number of nitrogens with one attached hydrogen (secondary N) is 1. The van der Waals surface area contributed by atoms with Crippen molar-refractivity contribution in [3.8, 4) is 11.8 Å². The average Bonchev–Trinajstić information content (AvgIpc) is 2.42. The van der Waals surface area contributed by atoms with Crippen molar-refractivity contribution >= 4 is 15.9 Å². The van der Waals surface area contributed by atoms with Crippen molar-refractivity contribution < 1.29 is 4.74 Å². The molecule has 0 aliphatic rings. The first-order chi connectivity index (χ1) is 9.54. The largest absolute Gasteiger partial charge is 0.424 e. The van der Waals surface area contributed by atoms with Crippen molar-refractivity contribution in [1.82, 2.24) is 15.3 Å². The van der Waals surface area contributed by atoms with E-state index in [1.54, 1.807) is 12.4 Å². The van der Waals surface area contributed by atoms with E-state index in [9.17, 15) is 0 Å². The maximum atomic E-state index is 5.63. The van der Waals surface area contributed by atoms with Crippen LogP contribution in [-0.4, -0.2) is 16.0 Å². The molecule has 0 spiro atoms. The Bertz CT molecular complexity index is 570. The highest BCUT2D eigenvalue weighted by Crippen LogP contribution is 2.24. The lowest BCUT2D eigenvalue weighted by atomic mass is 10.2. The van der Waals surface area contributed by atoms with Crippen LogP contribution in [0.3, 0.4) is 0 Å². The number of aromatic nitrogens is 2. The average molecular weight is 336 g/mol. The highest BCUT2D eigenvalue weighted by atomic mass is 79.9. The first kappa shape index (κ1) is 14.9. The highest BCUT2D eigenvalue weighted by Gasteiger charge is 2.03. The molecule has 2 aromatic rings. The molecule has 20 heavy (non-hydrogen) atoms. The van der Waals surface area contributed by atoms with E-state index in [1.807, 2.05) is 25.1 Å². The molecule has 1 aromatic heterocycles. The minimum absolute atomic E-state index is 0.361. The van der Waals surface area contributed by atoms with Gasteiger partial charge in [0.05, 0.1) is 0 Å². The minimum Gasteiger partial charge on any atom is -0.424 e. The molecule has 5 heteroatoms. The van der Waals surface area contributed by atoms with Gasteiger partial charge in [0, 0.05) is 35.0 Å². The van der Waals surface area contributed by atoms with E-state index in [2.05, 4.69) is 45.1 Å². The second-order valence-corrected chi connectivity index (χ2v) is 5.78. The first-order valence-corrected chi connectivity index (χ1v) is 7.32. The molecule has 0 atom stereocenters. The molecule has 0 bridgehead atoms. The predicted molar refractivity (Wildman–Crippen MR) is 83.0 cm³/mol. The van der Waals surface area contributed by atoms with Crippen molar-refractivity contribution in [3.05, 3.63) is 46.2 Å². The lowest BCUT2D eigenvalue weighted by Gasteiger charge is -2.08. The van der Waals surface area contributed by atoms with Crippen molar-refractivity contribution in [2.45, 2.75) is 33.4 Å². The van der Waals surface area contributed by atoms with E-state index in [-0.39, 0.29) is 0 Å². The van der Waals surface area contributed by atoms with Gasteiger partial charge in [-0.2, -0.15) is 0 Å². The van der Waals surface area contributed by atoms with Gasteiger partial charge >= 0.3 is 6.01 Å². The molecular formula is C15H18BrN3O. The monoisotopic (exact) mass is 335 g/mol. The summed E-state index contributed by atoms with van der Waals surface area (Å²) in [5.41, 5.74) is 2.15. The standard InChI is InChI=1S/C15H18BrN3O/c1-10(2)17-7-12-8-18-15(19-9-12)20-13-4-5-14(16)11(3)6-13/h4-6,8-10,17H,7H2,1-3H3. The van der Waals surface area contributed by atoms with Gasteiger partial charge in [-0.3, -0.25) is 0 Å². The third-order valence-electron chi connectivity index (χ3n) is 2.73. The molecule has 1 N–H and O–H groups in total. The summed E-state index contributed by atoms with van der Waals surface area (Å²) in [6.07, 6.45) is 3.56. The Morgan fingerprint density at radius 1 is 1.25 bits per heavy atom. The topological polar surface area (TPSA) is 47.0 Å². The van der Waals surface area contributed by atoms with Crippen LogP contribution in [0.15, 0.2) is 35.1 Å². The van der Waals surface area contributed by atoms with Gasteiger partial charge in [0.15, 0.2) is 0 Å². The highest BCUT2D eigenvalue weighted by molar-refractivity contribution is 9.10. The fourth-order valence-corrected chi connectivity index (χ4v) is 1.84. The zero-order valence-corrected chi connectivity index (χ0v) is 13.4. The Hall–Kier alpha value is -1.46.